The van der Waals surface area contributed by atoms with Crippen LogP contribution in [0.3, 0.4) is 0 Å². The Balaban J connectivity index is 0.000000307. The molecule has 40 heavy (non-hydrogen) atoms. The molecule has 1 aromatic carbocycles. The maximum atomic E-state index is 12.4. The molecule has 8 nitrogen and oxygen atoms in total. The molecule has 0 spiro atoms. The Labute approximate surface area is 242 Å². The van der Waals surface area contributed by atoms with E-state index in [9.17, 15) is 4.79 Å². The van der Waals surface area contributed by atoms with Gasteiger partial charge in [0.15, 0.2) is 0 Å². The highest BCUT2D eigenvalue weighted by Crippen LogP contribution is 2.27. The van der Waals surface area contributed by atoms with Crippen molar-refractivity contribution in [3.63, 3.8) is 0 Å². The molecular formula is C31H41ClN6O2. The molecule has 214 valence electrons. The van der Waals surface area contributed by atoms with Gasteiger partial charge in [0.2, 0.25) is 5.91 Å². The molecule has 0 aliphatic heterocycles. The van der Waals surface area contributed by atoms with Crippen LogP contribution in [-0.2, 0) is 9.53 Å². The van der Waals surface area contributed by atoms with Gasteiger partial charge in [-0.2, -0.15) is 5.10 Å². The zero-order valence-electron chi connectivity index (χ0n) is 24.2. The Hall–Kier alpha value is -3.33. The van der Waals surface area contributed by atoms with E-state index in [4.69, 9.17) is 16.3 Å². The van der Waals surface area contributed by atoms with Gasteiger partial charge in [-0.3, -0.25) is 19.8 Å². The van der Waals surface area contributed by atoms with Crippen molar-refractivity contribution in [3.05, 3.63) is 71.1 Å². The number of aromatic amines is 1. The van der Waals surface area contributed by atoms with Gasteiger partial charge < -0.3 is 10.1 Å². The van der Waals surface area contributed by atoms with Gasteiger partial charge in [0.1, 0.15) is 11.5 Å². The molecule has 0 aliphatic carbocycles. The molecule has 0 aliphatic rings. The molecule has 0 radical (unpaired) electrons. The fraction of sp³-hybridized carbons (Fsp3) is 0.419. The van der Waals surface area contributed by atoms with Crippen molar-refractivity contribution in [2.75, 3.05) is 32.1 Å². The van der Waals surface area contributed by atoms with Crippen molar-refractivity contribution in [2.24, 2.45) is 0 Å². The molecule has 0 saturated carbocycles. The van der Waals surface area contributed by atoms with Crippen molar-refractivity contribution in [1.82, 2.24) is 25.1 Å². The first-order valence-electron chi connectivity index (χ1n) is 13.9. The number of fused-ring (bicyclic) bond motifs is 1. The second-order valence-corrected chi connectivity index (χ2v) is 10.2. The van der Waals surface area contributed by atoms with Crippen LogP contribution in [0.4, 0.5) is 5.82 Å². The summed E-state index contributed by atoms with van der Waals surface area (Å²) < 4.78 is 5.19. The van der Waals surface area contributed by atoms with E-state index in [1.807, 2.05) is 50.2 Å². The minimum absolute atomic E-state index is 0.0181. The number of aromatic nitrogens is 4. The number of H-pyrrole nitrogens is 1. The summed E-state index contributed by atoms with van der Waals surface area (Å²) in [4.78, 5) is 23.0. The van der Waals surface area contributed by atoms with Crippen molar-refractivity contribution >= 4 is 34.2 Å². The van der Waals surface area contributed by atoms with Crippen molar-refractivity contribution in [1.29, 1.82) is 0 Å². The maximum absolute atomic E-state index is 12.4. The van der Waals surface area contributed by atoms with Crippen LogP contribution in [0.15, 0.2) is 55.0 Å². The number of carbonyl (C=O) groups excluding carboxylic acids is 1. The summed E-state index contributed by atoms with van der Waals surface area (Å²) in [5, 5.41) is 12.1. The number of aryl methyl sites for hydroxylation is 1. The molecule has 4 aromatic rings. The van der Waals surface area contributed by atoms with Crippen LogP contribution in [0.1, 0.15) is 63.7 Å². The summed E-state index contributed by atoms with van der Waals surface area (Å²) in [6.07, 6.45) is 9.78. The molecule has 0 bridgehead atoms. The first-order chi connectivity index (χ1) is 19.4. The topological polar surface area (TPSA) is 96.0 Å². The summed E-state index contributed by atoms with van der Waals surface area (Å²) >= 11 is 5.96. The molecule has 4 rings (SSSR count). The predicted molar refractivity (Wildman–Crippen MR) is 164 cm³/mol. The average Bonchev–Trinajstić information content (AvgIpc) is 3.38. The quantitative estimate of drug-likeness (QED) is 0.176. The first-order valence-corrected chi connectivity index (χ1v) is 14.3. The molecule has 9 heteroatoms. The van der Waals surface area contributed by atoms with Crippen LogP contribution < -0.4 is 5.32 Å². The van der Waals surface area contributed by atoms with Gasteiger partial charge in [-0.05, 0) is 63.5 Å². The zero-order valence-corrected chi connectivity index (χ0v) is 25.0. The van der Waals surface area contributed by atoms with E-state index in [-0.39, 0.29) is 12.0 Å². The standard InChI is InChI=1S/C22H29N5O.C9H12ClNO/c1-3-5-8-14-27(13-4-2)16-21(28)24-20-12-11-17(15-23-20)22-18-9-6-7-10-19(18)25-26-22;1-6-4-11-5-8(10)9(6)7(2)12-3/h6-7,9-12,15H,3-5,8,13-14,16H2,1-2H3,(H,25,26)(H,23,24,28);4-5,7H,1-3H3. The number of halogens is 1. The number of carbonyl (C=O) groups is 1. The molecule has 0 saturated heterocycles. The SMILES string of the molecule is CCCCCN(CCC)CC(=O)Nc1ccc(-c2n[nH]c3ccccc23)cn1.COC(C)c1c(C)cncc1Cl. The number of nitrogens with one attached hydrogen (secondary N) is 2. The van der Waals surface area contributed by atoms with Crippen molar-refractivity contribution in [2.45, 2.75) is 59.5 Å². The molecule has 0 fully saturated rings. The second-order valence-electron chi connectivity index (χ2n) is 9.81. The monoisotopic (exact) mass is 564 g/mol. The lowest BCUT2D eigenvalue weighted by Gasteiger charge is -2.20. The normalized spacial score (nSPS) is 11.8. The van der Waals surface area contributed by atoms with Gasteiger partial charge in [0.05, 0.1) is 23.2 Å². The van der Waals surface area contributed by atoms with E-state index < -0.39 is 0 Å². The predicted octanol–water partition coefficient (Wildman–Crippen LogP) is 7.22. The first kappa shape index (κ1) is 31.2. The lowest BCUT2D eigenvalue weighted by molar-refractivity contribution is -0.117. The van der Waals surface area contributed by atoms with Gasteiger partial charge in [0.25, 0.3) is 0 Å². The molecule has 1 atom stereocenters. The highest BCUT2D eigenvalue weighted by atomic mass is 35.5. The number of pyridine rings is 2. The van der Waals surface area contributed by atoms with Gasteiger partial charge in [-0.25, -0.2) is 4.98 Å². The van der Waals surface area contributed by atoms with E-state index in [2.05, 4.69) is 44.2 Å². The third kappa shape index (κ3) is 8.84. The highest BCUT2D eigenvalue weighted by Gasteiger charge is 2.13. The number of ether oxygens (including phenoxy) is 1. The molecule has 3 heterocycles. The van der Waals surface area contributed by atoms with Gasteiger partial charge in [0, 0.05) is 42.2 Å². The zero-order chi connectivity index (χ0) is 28.9. The average molecular weight is 565 g/mol. The summed E-state index contributed by atoms with van der Waals surface area (Å²) in [5.74, 6) is 0.550. The number of methoxy groups -OCH3 is 1. The third-order valence-electron chi connectivity index (χ3n) is 6.66. The van der Waals surface area contributed by atoms with Crippen LogP contribution in [-0.4, -0.2) is 57.7 Å². The number of nitrogens with zero attached hydrogens (tertiary/aromatic N) is 4. The van der Waals surface area contributed by atoms with Crippen LogP contribution >= 0.6 is 11.6 Å². The number of para-hydroxylation sites is 1. The Morgan fingerprint density at radius 1 is 1.07 bits per heavy atom. The number of benzene rings is 1. The Morgan fingerprint density at radius 3 is 2.55 bits per heavy atom. The number of rotatable bonds is 12. The molecule has 1 amide bonds. The van der Waals surface area contributed by atoms with E-state index >= 15 is 0 Å². The summed E-state index contributed by atoms with van der Waals surface area (Å²) in [6, 6.07) is 11.8. The third-order valence-corrected chi connectivity index (χ3v) is 6.96. The lowest BCUT2D eigenvalue weighted by Crippen LogP contribution is -2.34. The smallest absolute Gasteiger partial charge is 0.239 e. The molecule has 1 unspecified atom stereocenters. The number of anilines is 1. The lowest BCUT2D eigenvalue weighted by atomic mass is 10.1. The fourth-order valence-corrected chi connectivity index (χ4v) is 4.88. The second kappa shape index (κ2) is 16.1. The minimum Gasteiger partial charge on any atom is -0.377 e. The fourth-order valence-electron chi connectivity index (χ4n) is 4.52. The number of hydrogen-bond donors (Lipinski definition) is 2. The molecule has 3 aromatic heterocycles. The summed E-state index contributed by atoms with van der Waals surface area (Å²) in [5.41, 5.74) is 4.87. The van der Waals surface area contributed by atoms with E-state index in [0.717, 1.165) is 59.2 Å². The Bertz CT molecular complexity index is 1320. The van der Waals surface area contributed by atoms with Gasteiger partial charge in [-0.1, -0.05) is 56.5 Å². The van der Waals surface area contributed by atoms with Crippen molar-refractivity contribution in [3.8, 4) is 11.3 Å². The summed E-state index contributed by atoms with van der Waals surface area (Å²) in [7, 11) is 1.67. The van der Waals surface area contributed by atoms with E-state index in [1.54, 1.807) is 25.7 Å². The molecular weight excluding hydrogens is 524 g/mol. The summed E-state index contributed by atoms with van der Waals surface area (Å²) in [6.45, 7) is 10.6. The van der Waals surface area contributed by atoms with Crippen LogP contribution in [0.25, 0.3) is 22.2 Å². The van der Waals surface area contributed by atoms with E-state index in [0.29, 0.717) is 17.4 Å². The Kier molecular flexibility index (Phi) is 12.5. The minimum atomic E-state index is -0.0181. The van der Waals surface area contributed by atoms with Crippen LogP contribution in [0.2, 0.25) is 5.02 Å². The number of unbranched alkanes of at least 4 members (excludes halogenated alkanes) is 2. The van der Waals surface area contributed by atoms with Crippen molar-refractivity contribution < 1.29 is 9.53 Å². The Morgan fingerprint density at radius 2 is 1.88 bits per heavy atom. The van der Waals surface area contributed by atoms with Gasteiger partial charge >= 0.3 is 0 Å². The largest absolute Gasteiger partial charge is 0.377 e. The van der Waals surface area contributed by atoms with Crippen LogP contribution in [0.5, 0.6) is 0 Å². The number of hydrogen-bond acceptors (Lipinski definition) is 6. The maximum Gasteiger partial charge on any atom is 0.239 e. The molecule has 2 N–H and O–H groups in total. The van der Waals surface area contributed by atoms with Gasteiger partial charge in [-0.15, -0.1) is 0 Å². The highest BCUT2D eigenvalue weighted by molar-refractivity contribution is 6.31. The van der Waals surface area contributed by atoms with E-state index in [1.165, 1.54) is 12.8 Å². The van der Waals surface area contributed by atoms with Crippen LogP contribution in [0, 0.1) is 6.92 Å². The number of amides is 1.